The highest BCUT2D eigenvalue weighted by Gasteiger charge is 2.19. The molecule has 0 aliphatic carbocycles. The molecule has 0 unspecified atom stereocenters. The van der Waals surface area contributed by atoms with Gasteiger partial charge in [-0.15, -0.1) is 0 Å². The van der Waals surface area contributed by atoms with E-state index < -0.39 is 0 Å². The number of aryl methyl sites for hydroxylation is 5. The van der Waals surface area contributed by atoms with Gasteiger partial charge in [0.05, 0.1) is 34.1 Å². The molecule has 5 aromatic heterocycles. The molecule has 6 rings (SSSR count). The van der Waals surface area contributed by atoms with E-state index >= 15 is 0 Å². The largest absolute Gasteiger partial charge is 0.333 e. The predicted molar refractivity (Wildman–Crippen MR) is 128 cm³/mol. The van der Waals surface area contributed by atoms with Gasteiger partial charge in [0, 0.05) is 44.5 Å². The van der Waals surface area contributed by atoms with Crippen molar-refractivity contribution in [2.75, 3.05) is 0 Å². The van der Waals surface area contributed by atoms with Gasteiger partial charge in [0.25, 0.3) is 0 Å². The van der Waals surface area contributed by atoms with Gasteiger partial charge >= 0.3 is 5.69 Å². The van der Waals surface area contributed by atoms with Crippen molar-refractivity contribution in [3.63, 3.8) is 0 Å². The molecule has 5 heterocycles. The average Bonchev–Trinajstić information content (AvgIpc) is 3.38. The molecule has 33 heavy (non-hydrogen) atoms. The Balaban J connectivity index is 1.66. The van der Waals surface area contributed by atoms with Crippen LogP contribution in [-0.2, 0) is 21.1 Å². The minimum absolute atomic E-state index is 0.132. The fourth-order valence-corrected chi connectivity index (χ4v) is 4.55. The van der Waals surface area contributed by atoms with Crippen LogP contribution in [0.25, 0.3) is 49.9 Å². The normalized spacial score (nSPS) is 11.9. The first-order valence-electron chi connectivity index (χ1n) is 10.6. The smallest absolute Gasteiger partial charge is 0.316 e. The zero-order chi connectivity index (χ0) is 23.0. The Morgan fingerprint density at radius 3 is 2.45 bits per heavy atom. The van der Waals surface area contributed by atoms with Gasteiger partial charge in [-0.1, -0.05) is 6.07 Å². The number of benzene rings is 1. The second-order valence-corrected chi connectivity index (χ2v) is 8.46. The molecule has 164 valence electrons. The van der Waals surface area contributed by atoms with E-state index in [9.17, 15) is 4.79 Å². The summed E-state index contributed by atoms with van der Waals surface area (Å²) in [4.78, 5) is 27.1. The fraction of sp³-hybridized carbons (Fsp3) is 0.208. The maximum atomic E-state index is 13.3. The standard InChI is InChI=1S/C24H22N8O/c1-13-21(12-29(3)28-13)32-22-17-8-15(6-7-18(17)25-11-20(22)31(5)24(32)33)16-9-19-23(26-10-16)30(4)14(2)27-19/h6-12H,1-5H3. The van der Waals surface area contributed by atoms with Crippen molar-refractivity contribution in [1.82, 2.24) is 38.4 Å². The van der Waals surface area contributed by atoms with Crippen LogP contribution >= 0.6 is 0 Å². The van der Waals surface area contributed by atoms with Crippen LogP contribution in [0.15, 0.2) is 47.7 Å². The third-order valence-corrected chi connectivity index (χ3v) is 6.38. The Bertz CT molecular complexity index is 1800. The zero-order valence-electron chi connectivity index (χ0n) is 19.0. The van der Waals surface area contributed by atoms with Gasteiger partial charge in [-0.05, 0) is 37.6 Å². The summed E-state index contributed by atoms with van der Waals surface area (Å²) in [5, 5.41) is 5.33. The number of aromatic nitrogens is 8. The quantitative estimate of drug-likeness (QED) is 0.414. The van der Waals surface area contributed by atoms with Gasteiger partial charge < -0.3 is 4.57 Å². The summed E-state index contributed by atoms with van der Waals surface area (Å²) in [6.07, 6.45) is 5.49. The molecule has 0 radical (unpaired) electrons. The summed E-state index contributed by atoms with van der Waals surface area (Å²) in [5.74, 6) is 0.916. The maximum Gasteiger partial charge on any atom is 0.333 e. The molecular formula is C24H22N8O. The Hall–Kier alpha value is -4.27. The van der Waals surface area contributed by atoms with Gasteiger partial charge in [-0.2, -0.15) is 5.10 Å². The van der Waals surface area contributed by atoms with E-state index in [0.717, 1.165) is 61.4 Å². The number of pyridine rings is 2. The molecule has 0 fully saturated rings. The second-order valence-electron chi connectivity index (χ2n) is 8.46. The van der Waals surface area contributed by atoms with Crippen LogP contribution < -0.4 is 5.69 Å². The molecule has 0 saturated carbocycles. The molecule has 0 atom stereocenters. The van der Waals surface area contributed by atoms with E-state index in [1.165, 1.54) is 0 Å². The number of nitrogens with zero attached hydrogens (tertiary/aromatic N) is 8. The van der Waals surface area contributed by atoms with Crippen molar-refractivity contribution in [1.29, 1.82) is 0 Å². The monoisotopic (exact) mass is 438 g/mol. The molecule has 0 bridgehead atoms. The molecule has 0 spiro atoms. The predicted octanol–water partition coefficient (Wildman–Crippen LogP) is 3.18. The van der Waals surface area contributed by atoms with Crippen LogP contribution in [0.5, 0.6) is 0 Å². The molecule has 0 saturated heterocycles. The van der Waals surface area contributed by atoms with Gasteiger partial charge in [-0.25, -0.2) is 14.8 Å². The minimum atomic E-state index is -0.132. The lowest BCUT2D eigenvalue weighted by Crippen LogP contribution is -2.21. The topological polar surface area (TPSA) is 88.3 Å². The molecule has 0 amide bonds. The maximum absolute atomic E-state index is 13.3. The summed E-state index contributed by atoms with van der Waals surface area (Å²) in [6, 6.07) is 8.13. The van der Waals surface area contributed by atoms with Crippen LogP contribution in [0, 0.1) is 13.8 Å². The first-order chi connectivity index (χ1) is 15.8. The Morgan fingerprint density at radius 2 is 1.70 bits per heavy atom. The van der Waals surface area contributed by atoms with Crippen LogP contribution in [0.4, 0.5) is 0 Å². The number of hydrogen-bond acceptors (Lipinski definition) is 5. The molecule has 0 aliphatic rings. The molecular weight excluding hydrogens is 416 g/mol. The van der Waals surface area contributed by atoms with Crippen molar-refractivity contribution in [3.8, 4) is 16.8 Å². The summed E-state index contributed by atoms with van der Waals surface area (Å²) >= 11 is 0. The van der Waals surface area contributed by atoms with Crippen molar-refractivity contribution in [3.05, 3.63) is 64.9 Å². The van der Waals surface area contributed by atoms with Crippen molar-refractivity contribution in [2.24, 2.45) is 21.1 Å². The molecule has 9 heteroatoms. The lowest BCUT2D eigenvalue weighted by atomic mass is 10.0. The molecule has 1 aromatic carbocycles. The van der Waals surface area contributed by atoms with Gasteiger partial charge in [-0.3, -0.25) is 18.8 Å². The third kappa shape index (κ3) is 2.68. The van der Waals surface area contributed by atoms with E-state index in [2.05, 4.69) is 26.1 Å². The van der Waals surface area contributed by atoms with E-state index in [0.29, 0.717) is 0 Å². The van der Waals surface area contributed by atoms with Crippen LogP contribution in [-0.4, -0.2) is 38.4 Å². The zero-order valence-corrected chi connectivity index (χ0v) is 19.0. The van der Waals surface area contributed by atoms with Crippen LogP contribution in [0.3, 0.4) is 0 Å². The molecule has 0 aliphatic heterocycles. The van der Waals surface area contributed by atoms with Gasteiger partial charge in [0.2, 0.25) is 0 Å². The van der Waals surface area contributed by atoms with E-state index in [-0.39, 0.29) is 5.69 Å². The second kappa shape index (κ2) is 6.61. The molecule has 9 nitrogen and oxygen atoms in total. The lowest BCUT2D eigenvalue weighted by molar-refractivity contribution is 0.756. The minimum Gasteiger partial charge on any atom is -0.316 e. The highest BCUT2D eigenvalue weighted by Crippen LogP contribution is 2.31. The Morgan fingerprint density at radius 1 is 0.879 bits per heavy atom. The van der Waals surface area contributed by atoms with Gasteiger partial charge in [0.15, 0.2) is 5.65 Å². The SMILES string of the molecule is Cc1nn(C)cc1-n1c(=O)n(C)c2cnc3ccc(-c4cnc5c(c4)nc(C)n5C)cc3c21. The van der Waals surface area contributed by atoms with Crippen molar-refractivity contribution < 1.29 is 0 Å². The fourth-order valence-electron chi connectivity index (χ4n) is 4.55. The highest BCUT2D eigenvalue weighted by atomic mass is 16.1. The first kappa shape index (κ1) is 19.4. The third-order valence-electron chi connectivity index (χ3n) is 6.38. The summed E-state index contributed by atoms with van der Waals surface area (Å²) in [5.41, 5.74) is 7.46. The highest BCUT2D eigenvalue weighted by molar-refractivity contribution is 6.04. The molecule has 6 aromatic rings. The molecule has 0 N–H and O–H groups in total. The van der Waals surface area contributed by atoms with Crippen LogP contribution in [0.1, 0.15) is 11.5 Å². The van der Waals surface area contributed by atoms with E-state index in [1.54, 1.807) is 27.1 Å². The van der Waals surface area contributed by atoms with Gasteiger partial charge in [0.1, 0.15) is 11.3 Å². The van der Waals surface area contributed by atoms with E-state index in [1.807, 2.05) is 63.1 Å². The Labute approximate surface area is 188 Å². The number of hydrogen-bond donors (Lipinski definition) is 0. The average molecular weight is 438 g/mol. The lowest BCUT2D eigenvalue weighted by Gasteiger charge is -2.07. The summed E-state index contributed by atoms with van der Waals surface area (Å²) in [7, 11) is 5.59. The Kier molecular flexibility index (Phi) is 3.89. The van der Waals surface area contributed by atoms with Crippen LogP contribution in [0.2, 0.25) is 0 Å². The number of imidazole rings is 2. The number of fused-ring (bicyclic) bond motifs is 4. The summed E-state index contributed by atoms with van der Waals surface area (Å²) in [6.45, 7) is 3.88. The first-order valence-corrected chi connectivity index (χ1v) is 10.6. The van der Waals surface area contributed by atoms with E-state index in [4.69, 9.17) is 0 Å². The number of rotatable bonds is 2. The van der Waals surface area contributed by atoms with Crippen molar-refractivity contribution in [2.45, 2.75) is 13.8 Å². The summed E-state index contributed by atoms with van der Waals surface area (Å²) < 4.78 is 7.06. The van der Waals surface area contributed by atoms with Crippen molar-refractivity contribution >= 4 is 33.1 Å².